The molecule has 2 aromatic heterocycles. The van der Waals surface area contributed by atoms with Gasteiger partial charge in [-0.3, -0.25) is 4.79 Å². The normalized spacial score (nSPS) is 17.2. The standard InChI is InChI=1S/C31H27F3N6O2/c1-20-16-38(19-35-20)27-13-12-22(14-29(27)42-2)25-17-40(37-36-25)28-15-24(21-8-4-3-5-9-21)23-10-6-7-11-26(23)39(30(28)41)18-31(32,33)34/h3-14,16-17,19,24,28H,15,18H2,1-2H3. The van der Waals surface area contributed by atoms with Crippen molar-refractivity contribution in [3.05, 3.63) is 108 Å². The molecule has 42 heavy (non-hydrogen) atoms. The number of fused-ring (bicyclic) bond motifs is 1. The van der Waals surface area contributed by atoms with Crippen LogP contribution in [-0.4, -0.2) is 50.3 Å². The molecule has 0 bridgehead atoms. The van der Waals surface area contributed by atoms with Crippen LogP contribution in [0.2, 0.25) is 0 Å². The number of hydrogen-bond acceptors (Lipinski definition) is 5. The number of carbonyl (C=O) groups is 1. The molecule has 0 saturated carbocycles. The molecule has 6 rings (SSSR count). The predicted molar refractivity (Wildman–Crippen MR) is 151 cm³/mol. The lowest BCUT2D eigenvalue weighted by molar-refractivity contribution is -0.134. The summed E-state index contributed by atoms with van der Waals surface area (Å²) in [6.07, 6.45) is 0.773. The van der Waals surface area contributed by atoms with Crippen molar-refractivity contribution in [1.29, 1.82) is 0 Å². The van der Waals surface area contributed by atoms with Crippen LogP contribution >= 0.6 is 0 Å². The Kier molecular flexibility index (Phi) is 7.01. The number of imidazole rings is 1. The van der Waals surface area contributed by atoms with E-state index in [2.05, 4.69) is 15.3 Å². The Morgan fingerprint density at radius 3 is 2.45 bits per heavy atom. The molecule has 0 fully saturated rings. The summed E-state index contributed by atoms with van der Waals surface area (Å²) in [7, 11) is 1.56. The zero-order valence-corrected chi connectivity index (χ0v) is 22.9. The number of benzene rings is 3. The SMILES string of the molecule is COc1cc(-c2cn(C3CC(c4ccccc4)c4ccccc4N(CC(F)(F)F)C3=O)nn2)ccc1-n1cnc(C)c1. The number of amides is 1. The Bertz CT molecular complexity index is 1730. The fraction of sp³-hybridized carbons (Fsp3) is 0.226. The minimum absolute atomic E-state index is 0.208. The van der Waals surface area contributed by atoms with E-state index in [1.54, 1.807) is 50.0 Å². The van der Waals surface area contributed by atoms with Crippen LogP contribution in [0.15, 0.2) is 91.5 Å². The van der Waals surface area contributed by atoms with Crippen molar-refractivity contribution >= 4 is 11.6 Å². The van der Waals surface area contributed by atoms with Crippen molar-refractivity contribution in [2.75, 3.05) is 18.6 Å². The Morgan fingerprint density at radius 1 is 0.976 bits per heavy atom. The van der Waals surface area contributed by atoms with Gasteiger partial charge < -0.3 is 14.2 Å². The first-order chi connectivity index (χ1) is 20.2. The second kappa shape index (κ2) is 10.8. The van der Waals surface area contributed by atoms with Crippen molar-refractivity contribution in [2.45, 2.75) is 31.5 Å². The van der Waals surface area contributed by atoms with E-state index in [1.807, 2.05) is 60.2 Å². The Hall–Kier alpha value is -4.93. The lowest BCUT2D eigenvalue weighted by Crippen LogP contribution is -2.42. The molecule has 2 atom stereocenters. The fourth-order valence-corrected chi connectivity index (χ4v) is 5.51. The van der Waals surface area contributed by atoms with Crippen LogP contribution in [0.25, 0.3) is 16.9 Å². The van der Waals surface area contributed by atoms with Gasteiger partial charge in [-0.25, -0.2) is 9.67 Å². The van der Waals surface area contributed by atoms with E-state index in [0.29, 0.717) is 22.6 Å². The molecule has 2 unspecified atom stereocenters. The molecule has 0 saturated heterocycles. The molecule has 1 aliphatic heterocycles. The lowest BCUT2D eigenvalue weighted by Gasteiger charge is -2.26. The molecular formula is C31H27F3N6O2. The number of methoxy groups -OCH3 is 1. The average Bonchev–Trinajstić information content (AvgIpc) is 3.63. The number of hydrogen-bond donors (Lipinski definition) is 0. The highest BCUT2D eigenvalue weighted by Crippen LogP contribution is 2.43. The number of nitrogens with zero attached hydrogens (tertiary/aromatic N) is 6. The number of rotatable bonds is 6. The van der Waals surface area contributed by atoms with E-state index >= 15 is 0 Å². The highest BCUT2D eigenvalue weighted by Gasteiger charge is 2.42. The van der Waals surface area contributed by atoms with Gasteiger partial charge in [0.1, 0.15) is 24.0 Å². The summed E-state index contributed by atoms with van der Waals surface area (Å²) in [6, 6.07) is 20.7. The summed E-state index contributed by atoms with van der Waals surface area (Å²) in [5.74, 6) is -0.473. The Morgan fingerprint density at radius 2 is 1.74 bits per heavy atom. The van der Waals surface area contributed by atoms with E-state index in [4.69, 9.17) is 4.74 Å². The number of para-hydroxylation sites is 1. The largest absolute Gasteiger partial charge is 0.495 e. The maximum absolute atomic E-state index is 13.9. The summed E-state index contributed by atoms with van der Waals surface area (Å²) in [6.45, 7) is 0.482. The van der Waals surface area contributed by atoms with Crippen molar-refractivity contribution in [3.8, 4) is 22.7 Å². The van der Waals surface area contributed by atoms with Crippen LogP contribution < -0.4 is 9.64 Å². The Balaban J connectivity index is 1.41. The molecule has 3 heterocycles. The number of halogens is 3. The van der Waals surface area contributed by atoms with E-state index in [0.717, 1.165) is 21.8 Å². The van der Waals surface area contributed by atoms with Gasteiger partial charge in [0.15, 0.2) is 0 Å². The van der Waals surface area contributed by atoms with Gasteiger partial charge in [-0.1, -0.05) is 59.8 Å². The quantitative estimate of drug-likeness (QED) is 0.245. The van der Waals surface area contributed by atoms with Crippen LogP contribution in [0.3, 0.4) is 0 Å². The topological polar surface area (TPSA) is 78.1 Å². The third-order valence-electron chi connectivity index (χ3n) is 7.45. The van der Waals surface area contributed by atoms with E-state index < -0.39 is 24.7 Å². The molecule has 0 radical (unpaired) electrons. The van der Waals surface area contributed by atoms with Gasteiger partial charge in [0, 0.05) is 23.4 Å². The van der Waals surface area contributed by atoms with Crippen LogP contribution in [0.1, 0.15) is 35.2 Å². The lowest BCUT2D eigenvalue weighted by atomic mass is 9.86. The highest BCUT2D eigenvalue weighted by molar-refractivity contribution is 5.98. The van der Waals surface area contributed by atoms with Gasteiger partial charge >= 0.3 is 6.18 Å². The third-order valence-corrected chi connectivity index (χ3v) is 7.45. The molecule has 3 aromatic carbocycles. The molecule has 0 aliphatic carbocycles. The van der Waals surface area contributed by atoms with Gasteiger partial charge in [-0.15, -0.1) is 5.10 Å². The van der Waals surface area contributed by atoms with E-state index in [1.165, 1.54) is 4.68 Å². The number of alkyl halides is 3. The maximum Gasteiger partial charge on any atom is 0.406 e. The number of carbonyl (C=O) groups excluding carboxylic acids is 1. The first kappa shape index (κ1) is 27.3. The molecule has 1 amide bonds. The second-order valence-electron chi connectivity index (χ2n) is 10.2. The molecule has 0 N–H and O–H groups in total. The van der Waals surface area contributed by atoms with Gasteiger partial charge in [-0.05, 0) is 42.7 Å². The van der Waals surface area contributed by atoms with Gasteiger partial charge in [0.25, 0.3) is 5.91 Å². The highest BCUT2D eigenvalue weighted by atomic mass is 19.4. The minimum atomic E-state index is -4.60. The van der Waals surface area contributed by atoms with Gasteiger partial charge in [0.2, 0.25) is 0 Å². The summed E-state index contributed by atoms with van der Waals surface area (Å²) < 4.78 is 50.2. The number of anilines is 1. The smallest absolute Gasteiger partial charge is 0.406 e. The van der Waals surface area contributed by atoms with Crippen molar-refractivity contribution in [2.24, 2.45) is 0 Å². The van der Waals surface area contributed by atoms with Gasteiger partial charge in [-0.2, -0.15) is 13.2 Å². The summed E-state index contributed by atoms with van der Waals surface area (Å²) in [5, 5.41) is 8.55. The van der Waals surface area contributed by atoms with E-state index in [-0.39, 0.29) is 18.0 Å². The minimum Gasteiger partial charge on any atom is -0.495 e. The average molecular weight is 573 g/mol. The van der Waals surface area contributed by atoms with Crippen LogP contribution in [0.4, 0.5) is 18.9 Å². The molecule has 214 valence electrons. The van der Waals surface area contributed by atoms with Crippen LogP contribution in [-0.2, 0) is 4.79 Å². The first-order valence-electron chi connectivity index (χ1n) is 13.3. The zero-order valence-electron chi connectivity index (χ0n) is 22.9. The van der Waals surface area contributed by atoms with Crippen molar-refractivity contribution < 1.29 is 22.7 Å². The Labute approximate surface area is 240 Å². The van der Waals surface area contributed by atoms with Crippen LogP contribution in [0, 0.1) is 6.92 Å². The molecule has 11 heteroatoms. The van der Waals surface area contributed by atoms with Crippen molar-refractivity contribution in [1.82, 2.24) is 24.5 Å². The number of aryl methyl sites for hydroxylation is 1. The predicted octanol–water partition coefficient (Wildman–Crippen LogP) is 6.12. The molecule has 0 spiro atoms. The molecule has 8 nitrogen and oxygen atoms in total. The molecule has 1 aliphatic rings. The van der Waals surface area contributed by atoms with Crippen molar-refractivity contribution in [3.63, 3.8) is 0 Å². The van der Waals surface area contributed by atoms with Crippen LogP contribution in [0.5, 0.6) is 5.75 Å². The molecule has 5 aromatic rings. The fourth-order valence-electron chi connectivity index (χ4n) is 5.51. The van der Waals surface area contributed by atoms with E-state index in [9.17, 15) is 18.0 Å². The summed E-state index contributed by atoms with van der Waals surface area (Å²) in [4.78, 5) is 19.0. The number of aromatic nitrogens is 5. The second-order valence-corrected chi connectivity index (χ2v) is 10.2. The third kappa shape index (κ3) is 5.25. The maximum atomic E-state index is 13.9. The number of ether oxygens (including phenoxy) is 1. The summed E-state index contributed by atoms with van der Waals surface area (Å²) in [5.41, 5.74) is 4.55. The molecular weight excluding hydrogens is 545 g/mol. The first-order valence-corrected chi connectivity index (χ1v) is 13.3. The van der Waals surface area contributed by atoms with Gasteiger partial charge in [0.05, 0.1) is 31.0 Å². The zero-order chi connectivity index (χ0) is 29.4. The summed E-state index contributed by atoms with van der Waals surface area (Å²) >= 11 is 0. The monoisotopic (exact) mass is 572 g/mol.